The third-order valence-electron chi connectivity index (χ3n) is 5.15. The topological polar surface area (TPSA) is 64.7 Å². The van der Waals surface area contributed by atoms with Gasteiger partial charge in [0.25, 0.3) is 5.91 Å². The van der Waals surface area contributed by atoms with Gasteiger partial charge in [-0.1, -0.05) is 13.3 Å². The average molecular weight is 381 g/mol. The molecule has 4 rings (SSSR count). The molecule has 0 saturated heterocycles. The van der Waals surface area contributed by atoms with Crippen LogP contribution in [0.5, 0.6) is 0 Å². The second-order valence-corrected chi connectivity index (χ2v) is 7.12. The molecule has 1 aliphatic rings. The normalized spacial score (nSPS) is 13.4. The molecule has 1 aliphatic carbocycles. The Morgan fingerprint density at radius 2 is 1.96 bits per heavy atom. The Bertz CT molecular complexity index is 973. The molecule has 0 bridgehead atoms. The minimum atomic E-state index is -0.289. The van der Waals surface area contributed by atoms with Gasteiger partial charge in [0.1, 0.15) is 11.6 Å². The van der Waals surface area contributed by atoms with Crippen LogP contribution in [0.4, 0.5) is 10.2 Å². The summed E-state index contributed by atoms with van der Waals surface area (Å²) in [5.74, 6) is 0.166. The minimum absolute atomic E-state index is 0.225. The second kappa shape index (κ2) is 7.96. The molecule has 2 aromatic heterocycles. The summed E-state index contributed by atoms with van der Waals surface area (Å²) < 4.78 is 16.9. The molecule has 2 heterocycles. The van der Waals surface area contributed by atoms with Gasteiger partial charge in [0.05, 0.1) is 11.9 Å². The summed E-state index contributed by atoms with van der Waals surface area (Å²) in [4.78, 5) is 13.0. The first-order chi connectivity index (χ1) is 13.7. The van der Waals surface area contributed by atoms with Crippen molar-refractivity contribution in [3.8, 4) is 5.69 Å². The fraction of sp³-hybridized carbons (Fsp3) is 0.381. The number of amides is 1. The van der Waals surface area contributed by atoms with Crippen molar-refractivity contribution in [1.29, 1.82) is 0 Å². The maximum atomic E-state index is 13.3. The highest BCUT2D eigenvalue weighted by molar-refractivity contribution is 6.03. The number of carbonyl (C=O) groups is 1. The molecule has 7 heteroatoms. The molecule has 1 N–H and O–H groups in total. The third-order valence-corrected chi connectivity index (χ3v) is 5.15. The van der Waals surface area contributed by atoms with Gasteiger partial charge in [-0.15, -0.1) is 0 Å². The quantitative estimate of drug-likeness (QED) is 0.698. The first-order valence-corrected chi connectivity index (χ1v) is 9.87. The third kappa shape index (κ3) is 3.56. The number of aromatic nitrogens is 4. The van der Waals surface area contributed by atoms with Crippen LogP contribution in [0.3, 0.4) is 0 Å². The SMILES string of the molecule is CCCCn1nccc1NC(=O)c1nn(-c2ccc(F)cc2)c2c1CCCC2. The van der Waals surface area contributed by atoms with Crippen molar-refractivity contribution in [2.75, 3.05) is 5.32 Å². The van der Waals surface area contributed by atoms with Gasteiger partial charge in [0, 0.05) is 23.9 Å². The number of benzene rings is 1. The first kappa shape index (κ1) is 18.4. The molecule has 0 atom stereocenters. The van der Waals surface area contributed by atoms with Crippen LogP contribution < -0.4 is 5.32 Å². The van der Waals surface area contributed by atoms with Crippen molar-refractivity contribution >= 4 is 11.7 Å². The minimum Gasteiger partial charge on any atom is -0.305 e. The molecule has 28 heavy (non-hydrogen) atoms. The zero-order valence-corrected chi connectivity index (χ0v) is 16.0. The molecule has 3 aromatic rings. The summed E-state index contributed by atoms with van der Waals surface area (Å²) in [6, 6.07) is 8.02. The number of unbranched alkanes of at least 4 members (excludes halogenated alkanes) is 1. The molecule has 0 aliphatic heterocycles. The standard InChI is InChI=1S/C21H24FN5O/c1-2-3-14-26-19(12-13-23-26)24-21(28)20-17-6-4-5-7-18(17)27(25-20)16-10-8-15(22)9-11-16/h8-13H,2-7,14H2,1H3,(H,24,28). The predicted octanol–water partition coefficient (Wildman–Crippen LogP) is 4.14. The Labute approximate surface area is 163 Å². The zero-order valence-electron chi connectivity index (χ0n) is 16.0. The van der Waals surface area contributed by atoms with Gasteiger partial charge in [-0.2, -0.15) is 10.2 Å². The molecule has 1 aromatic carbocycles. The number of anilines is 1. The van der Waals surface area contributed by atoms with Crippen LogP contribution in [0.15, 0.2) is 36.5 Å². The molecule has 0 radical (unpaired) electrons. The lowest BCUT2D eigenvalue weighted by atomic mass is 9.95. The van der Waals surface area contributed by atoms with Crippen LogP contribution in [-0.4, -0.2) is 25.5 Å². The summed E-state index contributed by atoms with van der Waals surface area (Å²) in [7, 11) is 0. The highest BCUT2D eigenvalue weighted by Gasteiger charge is 2.26. The first-order valence-electron chi connectivity index (χ1n) is 9.87. The highest BCUT2D eigenvalue weighted by atomic mass is 19.1. The zero-order chi connectivity index (χ0) is 19.5. The van der Waals surface area contributed by atoms with Crippen LogP contribution in [0, 0.1) is 5.82 Å². The fourth-order valence-corrected chi connectivity index (χ4v) is 3.68. The van der Waals surface area contributed by atoms with E-state index in [1.165, 1.54) is 12.1 Å². The Morgan fingerprint density at radius 1 is 1.18 bits per heavy atom. The van der Waals surface area contributed by atoms with E-state index in [0.29, 0.717) is 11.5 Å². The van der Waals surface area contributed by atoms with Crippen molar-refractivity contribution in [3.63, 3.8) is 0 Å². The van der Waals surface area contributed by atoms with E-state index in [9.17, 15) is 9.18 Å². The number of nitrogens with one attached hydrogen (secondary N) is 1. The lowest BCUT2D eigenvalue weighted by Crippen LogP contribution is -2.18. The van der Waals surface area contributed by atoms with Crippen LogP contribution in [-0.2, 0) is 19.4 Å². The average Bonchev–Trinajstić information content (AvgIpc) is 3.31. The van der Waals surface area contributed by atoms with E-state index in [4.69, 9.17) is 0 Å². The van der Waals surface area contributed by atoms with Crippen LogP contribution in [0.2, 0.25) is 0 Å². The van der Waals surface area contributed by atoms with Crippen molar-refractivity contribution in [2.24, 2.45) is 0 Å². The fourth-order valence-electron chi connectivity index (χ4n) is 3.68. The molecular weight excluding hydrogens is 357 g/mol. The van der Waals surface area contributed by atoms with Crippen LogP contribution in [0.25, 0.3) is 5.69 Å². The Hall–Kier alpha value is -2.96. The summed E-state index contributed by atoms with van der Waals surface area (Å²) in [5.41, 5.74) is 3.25. The van der Waals surface area contributed by atoms with E-state index < -0.39 is 0 Å². The van der Waals surface area contributed by atoms with E-state index in [2.05, 4.69) is 22.4 Å². The highest BCUT2D eigenvalue weighted by Crippen LogP contribution is 2.27. The van der Waals surface area contributed by atoms with Gasteiger partial charge in [-0.05, 0) is 56.4 Å². The lowest BCUT2D eigenvalue weighted by Gasteiger charge is -2.14. The van der Waals surface area contributed by atoms with E-state index in [0.717, 1.165) is 62.0 Å². The van der Waals surface area contributed by atoms with Gasteiger partial charge < -0.3 is 5.32 Å². The molecule has 0 unspecified atom stereocenters. The van der Waals surface area contributed by atoms with E-state index in [1.54, 1.807) is 29.1 Å². The van der Waals surface area contributed by atoms with Crippen molar-refractivity contribution < 1.29 is 9.18 Å². The summed E-state index contributed by atoms with van der Waals surface area (Å²) >= 11 is 0. The Morgan fingerprint density at radius 3 is 2.75 bits per heavy atom. The Balaban J connectivity index is 1.65. The number of fused-ring (bicyclic) bond motifs is 1. The smallest absolute Gasteiger partial charge is 0.277 e. The Kier molecular flexibility index (Phi) is 5.23. The van der Waals surface area contributed by atoms with Crippen LogP contribution in [0.1, 0.15) is 54.4 Å². The van der Waals surface area contributed by atoms with Gasteiger partial charge in [0.2, 0.25) is 0 Å². The lowest BCUT2D eigenvalue weighted by molar-refractivity contribution is 0.102. The van der Waals surface area contributed by atoms with Gasteiger partial charge in [-0.25, -0.2) is 13.8 Å². The maximum absolute atomic E-state index is 13.3. The van der Waals surface area contributed by atoms with E-state index in [-0.39, 0.29) is 11.7 Å². The molecule has 0 spiro atoms. The van der Waals surface area contributed by atoms with Crippen molar-refractivity contribution in [1.82, 2.24) is 19.6 Å². The molecule has 1 amide bonds. The number of hydrogen-bond donors (Lipinski definition) is 1. The summed E-state index contributed by atoms with van der Waals surface area (Å²) in [6.45, 7) is 2.89. The van der Waals surface area contributed by atoms with E-state index >= 15 is 0 Å². The van der Waals surface area contributed by atoms with Gasteiger partial charge >= 0.3 is 0 Å². The number of hydrogen-bond acceptors (Lipinski definition) is 3. The van der Waals surface area contributed by atoms with Crippen LogP contribution >= 0.6 is 0 Å². The van der Waals surface area contributed by atoms with Crippen molar-refractivity contribution in [2.45, 2.75) is 52.0 Å². The second-order valence-electron chi connectivity index (χ2n) is 7.12. The molecule has 6 nitrogen and oxygen atoms in total. The molecule has 146 valence electrons. The van der Waals surface area contributed by atoms with Gasteiger partial charge in [-0.3, -0.25) is 4.79 Å². The summed E-state index contributed by atoms with van der Waals surface area (Å²) in [5, 5.41) is 11.9. The largest absolute Gasteiger partial charge is 0.305 e. The number of halogens is 1. The number of carbonyl (C=O) groups excluding carboxylic acids is 1. The number of rotatable bonds is 6. The van der Waals surface area contributed by atoms with E-state index in [1.807, 2.05) is 4.68 Å². The summed E-state index contributed by atoms with van der Waals surface area (Å²) in [6.07, 6.45) is 7.54. The molecular formula is C21H24FN5O. The van der Waals surface area contributed by atoms with Gasteiger partial charge in [0.15, 0.2) is 5.69 Å². The molecule has 0 fully saturated rings. The molecule has 0 saturated carbocycles. The maximum Gasteiger partial charge on any atom is 0.277 e. The number of nitrogens with zero attached hydrogens (tertiary/aromatic N) is 4. The monoisotopic (exact) mass is 381 g/mol. The van der Waals surface area contributed by atoms with Crippen molar-refractivity contribution in [3.05, 3.63) is 59.3 Å². The predicted molar refractivity (Wildman–Crippen MR) is 105 cm³/mol. The number of aryl methyl sites for hydroxylation is 1.